The minimum atomic E-state index is -4.36. The van der Waals surface area contributed by atoms with E-state index in [1.165, 1.54) is 12.1 Å². The van der Waals surface area contributed by atoms with Crippen LogP contribution in [-0.4, -0.2) is 16.0 Å². The van der Waals surface area contributed by atoms with E-state index in [9.17, 15) is 18.0 Å². The molecule has 3 aromatic rings. The number of hydrogen-bond donors (Lipinski definition) is 2. The minimum Gasteiger partial charge on any atom is -0.381 e. The van der Waals surface area contributed by atoms with Crippen LogP contribution in [-0.2, 0) is 19.1 Å². The average molecular weight is 371 g/mol. The maximum absolute atomic E-state index is 12.7. The minimum absolute atomic E-state index is 0.177. The molecule has 1 heterocycles. The smallest absolute Gasteiger partial charge is 0.381 e. The standard InChI is InChI=1S/C20H16F3N3O/c21-20(22,23)15-4-1-12(2-5-15)19-14(11-25-26-19)10-24-16-6-7-17-13(9-16)3-8-18(17)27/h1-2,4-7,9,11,24H,3,8,10H2,(H,25,26). The van der Waals surface area contributed by atoms with Gasteiger partial charge in [0.15, 0.2) is 5.78 Å². The first-order chi connectivity index (χ1) is 12.9. The number of Topliss-reactive ketones (excluding diaryl/α,β-unsaturated/α-hetero) is 1. The van der Waals surface area contributed by atoms with Crippen molar-refractivity contribution in [3.63, 3.8) is 0 Å². The van der Waals surface area contributed by atoms with Crippen LogP contribution in [0.3, 0.4) is 0 Å². The molecule has 1 aromatic heterocycles. The highest BCUT2D eigenvalue weighted by atomic mass is 19.4. The Morgan fingerprint density at radius 1 is 1.07 bits per heavy atom. The number of alkyl halides is 3. The van der Waals surface area contributed by atoms with E-state index in [1.54, 1.807) is 6.20 Å². The van der Waals surface area contributed by atoms with Crippen LogP contribution in [0.4, 0.5) is 18.9 Å². The third-order valence-corrected chi connectivity index (χ3v) is 4.73. The molecule has 2 aromatic carbocycles. The first kappa shape index (κ1) is 17.3. The van der Waals surface area contributed by atoms with Crippen molar-refractivity contribution < 1.29 is 18.0 Å². The van der Waals surface area contributed by atoms with Gasteiger partial charge in [-0.05, 0) is 47.9 Å². The number of benzene rings is 2. The van der Waals surface area contributed by atoms with Gasteiger partial charge in [-0.3, -0.25) is 9.89 Å². The highest BCUT2D eigenvalue weighted by molar-refractivity contribution is 6.00. The molecule has 1 aliphatic rings. The number of rotatable bonds is 4. The fourth-order valence-electron chi connectivity index (χ4n) is 3.28. The molecule has 0 aliphatic heterocycles. The van der Waals surface area contributed by atoms with E-state index in [0.29, 0.717) is 24.2 Å². The first-order valence-electron chi connectivity index (χ1n) is 8.52. The van der Waals surface area contributed by atoms with Gasteiger partial charge in [-0.1, -0.05) is 12.1 Å². The molecular formula is C20H16F3N3O. The van der Waals surface area contributed by atoms with Crippen LogP contribution >= 0.6 is 0 Å². The van der Waals surface area contributed by atoms with E-state index in [4.69, 9.17) is 0 Å². The quantitative estimate of drug-likeness (QED) is 0.690. The van der Waals surface area contributed by atoms with Crippen LogP contribution in [0.25, 0.3) is 11.3 Å². The van der Waals surface area contributed by atoms with Crippen LogP contribution in [0.1, 0.15) is 33.5 Å². The van der Waals surface area contributed by atoms with Crippen molar-refractivity contribution in [3.8, 4) is 11.3 Å². The average Bonchev–Trinajstić information content (AvgIpc) is 3.26. The maximum Gasteiger partial charge on any atom is 0.416 e. The molecule has 0 radical (unpaired) electrons. The van der Waals surface area contributed by atoms with Crippen LogP contribution in [0, 0.1) is 0 Å². The van der Waals surface area contributed by atoms with Gasteiger partial charge in [-0.2, -0.15) is 18.3 Å². The fraction of sp³-hybridized carbons (Fsp3) is 0.200. The number of carbonyl (C=O) groups is 1. The number of hydrogen-bond acceptors (Lipinski definition) is 3. The summed E-state index contributed by atoms with van der Waals surface area (Å²) in [5, 5.41) is 10.2. The third kappa shape index (κ3) is 3.45. The molecule has 0 atom stereocenters. The monoisotopic (exact) mass is 371 g/mol. The number of nitrogens with one attached hydrogen (secondary N) is 2. The molecule has 2 N–H and O–H groups in total. The van der Waals surface area contributed by atoms with Crippen molar-refractivity contribution in [2.75, 3.05) is 5.32 Å². The van der Waals surface area contributed by atoms with E-state index in [1.807, 2.05) is 18.2 Å². The summed E-state index contributed by atoms with van der Waals surface area (Å²) in [4.78, 5) is 11.7. The molecule has 0 bridgehead atoms. The van der Waals surface area contributed by atoms with Crippen molar-refractivity contribution in [2.24, 2.45) is 0 Å². The molecule has 7 heteroatoms. The van der Waals surface area contributed by atoms with Crippen molar-refractivity contribution in [1.29, 1.82) is 0 Å². The SMILES string of the molecule is O=C1CCc2cc(NCc3cn[nH]c3-c3ccc(C(F)(F)F)cc3)ccc21. The highest BCUT2D eigenvalue weighted by Crippen LogP contribution is 2.31. The van der Waals surface area contributed by atoms with Gasteiger partial charge in [0.1, 0.15) is 0 Å². The Morgan fingerprint density at radius 3 is 2.59 bits per heavy atom. The number of halogens is 3. The predicted octanol–water partition coefficient (Wildman–Crippen LogP) is 4.84. The number of fused-ring (bicyclic) bond motifs is 1. The van der Waals surface area contributed by atoms with Crippen molar-refractivity contribution in [3.05, 3.63) is 70.9 Å². The van der Waals surface area contributed by atoms with Gasteiger partial charge < -0.3 is 5.32 Å². The largest absolute Gasteiger partial charge is 0.416 e. The summed E-state index contributed by atoms with van der Waals surface area (Å²) >= 11 is 0. The predicted molar refractivity (Wildman–Crippen MR) is 95.4 cm³/mol. The van der Waals surface area contributed by atoms with Gasteiger partial charge in [0, 0.05) is 29.8 Å². The molecule has 0 saturated carbocycles. The van der Waals surface area contributed by atoms with Crippen molar-refractivity contribution in [1.82, 2.24) is 10.2 Å². The Hall–Kier alpha value is -3.09. The Bertz CT molecular complexity index is 990. The summed E-state index contributed by atoms with van der Waals surface area (Å²) in [6.45, 7) is 0.458. The molecular weight excluding hydrogens is 355 g/mol. The second-order valence-electron chi connectivity index (χ2n) is 6.49. The Labute approximate surface area is 153 Å². The van der Waals surface area contributed by atoms with Gasteiger partial charge in [0.25, 0.3) is 0 Å². The van der Waals surface area contributed by atoms with Crippen LogP contribution < -0.4 is 5.32 Å². The molecule has 0 fully saturated rings. The molecule has 27 heavy (non-hydrogen) atoms. The second-order valence-corrected chi connectivity index (χ2v) is 6.49. The maximum atomic E-state index is 12.7. The summed E-state index contributed by atoms with van der Waals surface area (Å²) in [6, 6.07) is 10.6. The van der Waals surface area contributed by atoms with Crippen LogP contribution in [0.15, 0.2) is 48.7 Å². The number of ketones is 1. The van der Waals surface area contributed by atoms with E-state index < -0.39 is 11.7 Å². The number of anilines is 1. The van der Waals surface area contributed by atoms with Gasteiger partial charge in [-0.25, -0.2) is 0 Å². The van der Waals surface area contributed by atoms with Gasteiger partial charge in [-0.15, -0.1) is 0 Å². The summed E-state index contributed by atoms with van der Waals surface area (Å²) in [5.74, 6) is 0.177. The number of nitrogens with zero attached hydrogens (tertiary/aromatic N) is 1. The molecule has 4 nitrogen and oxygen atoms in total. The third-order valence-electron chi connectivity index (χ3n) is 4.73. The van der Waals surface area contributed by atoms with Crippen molar-refractivity contribution in [2.45, 2.75) is 25.6 Å². The summed E-state index contributed by atoms with van der Waals surface area (Å²) < 4.78 is 38.2. The molecule has 0 amide bonds. The van der Waals surface area contributed by atoms with Crippen LogP contribution in [0.5, 0.6) is 0 Å². The van der Waals surface area contributed by atoms with Crippen LogP contribution in [0.2, 0.25) is 0 Å². The van der Waals surface area contributed by atoms with Gasteiger partial charge >= 0.3 is 6.18 Å². The van der Waals surface area contributed by atoms with E-state index in [-0.39, 0.29) is 5.78 Å². The van der Waals surface area contributed by atoms with Gasteiger partial charge in [0.2, 0.25) is 0 Å². The highest BCUT2D eigenvalue weighted by Gasteiger charge is 2.30. The molecule has 0 saturated heterocycles. The second kappa shape index (κ2) is 6.57. The fourth-order valence-corrected chi connectivity index (χ4v) is 3.28. The molecule has 0 unspecified atom stereocenters. The zero-order valence-electron chi connectivity index (χ0n) is 14.2. The number of H-pyrrole nitrogens is 1. The Kier molecular flexibility index (Phi) is 4.22. The lowest BCUT2D eigenvalue weighted by Gasteiger charge is -2.10. The normalized spacial score (nSPS) is 13.7. The van der Waals surface area contributed by atoms with Crippen molar-refractivity contribution >= 4 is 11.5 Å². The number of aromatic nitrogens is 2. The Morgan fingerprint density at radius 2 is 1.85 bits per heavy atom. The topological polar surface area (TPSA) is 57.8 Å². The van der Waals surface area contributed by atoms with Gasteiger partial charge in [0.05, 0.1) is 17.5 Å². The zero-order chi connectivity index (χ0) is 19.0. The number of carbonyl (C=O) groups excluding carboxylic acids is 1. The molecule has 1 aliphatic carbocycles. The molecule has 138 valence electrons. The van der Waals surface area contributed by atoms with E-state index in [0.717, 1.165) is 40.9 Å². The molecule has 4 rings (SSSR count). The number of aromatic amines is 1. The molecule has 0 spiro atoms. The lowest BCUT2D eigenvalue weighted by atomic mass is 10.1. The number of aryl methyl sites for hydroxylation is 1. The van der Waals surface area contributed by atoms with E-state index >= 15 is 0 Å². The Balaban J connectivity index is 1.50. The lowest BCUT2D eigenvalue weighted by molar-refractivity contribution is -0.137. The lowest BCUT2D eigenvalue weighted by Crippen LogP contribution is -2.04. The van der Waals surface area contributed by atoms with E-state index in [2.05, 4.69) is 15.5 Å². The summed E-state index contributed by atoms with van der Waals surface area (Å²) in [5.41, 5.74) is 4.19. The zero-order valence-corrected chi connectivity index (χ0v) is 14.2. The summed E-state index contributed by atoms with van der Waals surface area (Å²) in [7, 11) is 0. The first-order valence-corrected chi connectivity index (χ1v) is 8.52. The summed E-state index contributed by atoms with van der Waals surface area (Å²) in [6.07, 6.45) is -1.40.